The number of ether oxygens (including phenoxy) is 1. The molecule has 3 saturated carbocycles. The third kappa shape index (κ3) is 6.72. The second kappa shape index (κ2) is 13.8. The molecular weight excluding hydrogens is 615 g/mol. The summed E-state index contributed by atoms with van der Waals surface area (Å²) in [6.07, 6.45) is 3.29. The van der Waals surface area contributed by atoms with Crippen molar-refractivity contribution in [3.8, 4) is 0 Å². The van der Waals surface area contributed by atoms with Crippen molar-refractivity contribution in [3.05, 3.63) is 35.4 Å². The maximum absolute atomic E-state index is 13.9. The molecule has 3 aliphatic carbocycles. The Morgan fingerprint density at radius 1 is 0.958 bits per heavy atom. The molecule has 2 bridgehead atoms. The molecule has 5 fully saturated rings. The minimum absolute atomic E-state index is 0.00248. The molecule has 262 valence electrons. The van der Waals surface area contributed by atoms with Crippen LogP contribution in [-0.2, 0) is 28.4 Å². The van der Waals surface area contributed by atoms with Crippen LogP contribution in [0, 0.1) is 29.1 Å². The Morgan fingerprint density at radius 2 is 1.60 bits per heavy atom. The number of hydrogen-bond donors (Lipinski definition) is 3. The fraction of sp³-hybridized carbons (Fsp3) is 0.686. The van der Waals surface area contributed by atoms with Crippen LogP contribution in [0.5, 0.6) is 0 Å². The van der Waals surface area contributed by atoms with Crippen LogP contribution in [0.25, 0.3) is 0 Å². The van der Waals surface area contributed by atoms with Gasteiger partial charge in [0.2, 0.25) is 11.8 Å². The van der Waals surface area contributed by atoms with Gasteiger partial charge in [-0.2, -0.15) is 0 Å². The van der Waals surface area contributed by atoms with Crippen LogP contribution >= 0.6 is 0 Å². The van der Waals surface area contributed by atoms with E-state index >= 15 is 0 Å². The van der Waals surface area contributed by atoms with Gasteiger partial charge in [-0.3, -0.25) is 24.0 Å². The van der Waals surface area contributed by atoms with Gasteiger partial charge in [-0.25, -0.2) is 0 Å². The van der Waals surface area contributed by atoms with E-state index in [2.05, 4.69) is 41.5 Å². The summed E-state index contributed by atoms with van der Waals surface area (Å²) in [7, 11) is 0.657. The molecule has 13 heteroatoms. The number of carbonyl (C=O) groups is 5. The lowest BCUT2D eigenvalue weighted by atomic mass is 9.43. The van der Waals surface area contributed by atoms with Crippen molar-refractivity contribution in [2.45, 2.75) is 104 Å². The van der Waals surface area contributed by atoms with Crippen molar-refractivity contribution in [1.29, 1.82) is 0 Å². The Hall–Kier alpha value is -3.45. The summed E-state index contributed by atoms with van der Waals surface area (Å²) in [6, 6.07) is 4.36. The Bertz CT molecular complexity index is 1420. The standard InChI is InChI=1S/C35H51BN4O8/c1-19(2)28(38-31(43)22-13-11-21(12-14-22)30(42)37-18-27(41)46-8)33(45)40-15-9-10-24(40)32(44)39-29(20(3)4)36-47-26-17-23-16-25(34(23,5)6)35(26,7)48-36/h11-14,19-20,23-26,28-29H,9-10,15-18H2,1-8H3,(H,37,42)(H,38,43)(H,39,44)/t23-,24-,25-,26+,28-,29-,35-/m0/s1. The van der Waals surface area contributed by atoms with Crippen LogP contribution in [0.4, 0.5) is 0 Å². The molecule has 0 unspecified atom stereocenters. The van der Waals surface area contributed by atoms with Crippen molar-refractivity contribution in [2.24, 2.45) is 29.1 Å². The molecule has 0 aromatic heterocycles. The number of esters is 1. The summed E-state index contributed by atoms with van der Waals surface area (Å²) in [5.41, 5.74) is 0.343. The summed E-state index contributed by atoms with van der Waals surface area (Å²) >= 11 is 0. The average molecular weight is 667 g/mol. The van der Waals surface area contributed by atoms with E-state index in [1.165, 1.54) is 31.4 Å². The minimum Gasteiger partial charge on any atom is -0.468 e. The van der Waals surface area contributed by atoms with Crippen molar-refractivity contribution in [3.63, 3.8) is 0 Å². The van der Waals surface area contributed by atoms with E-state index < -0.39 is 42.6 Å². The third-order valence-corrected chi connectivity index (χ3v) is 11.4. The van der Waals surface area contributed by atoms with Gasteiger partial charge in [0.15, 0.2) is 0 Å². The van der Waals surface area contributed by atoms with Gasteiger partial charge in [-0.15, -0.1) is 0 Å². The zero-order valence-electron chi connectivity index (χ0n) is 29.5. The van der Waals surface area contributed by atoms with Gasteiger partial charge in [0.25, 0.3) is 11.8 Å². The SMILES string of the molecule is COC(=O)CNC(=O)c1ccc(C(=O)N[C@H](C(=O)N2CCC[C@H]2C(=O)N[C@H](B2O[C@@H]3C[C@@H]4C[C@@H](C4(C)C)[C@]3(C)O2)C(C)C)C(C)C)cc1. The number of methoxy groups -OCH3 is 1. The number of nitrogens with zero attached hydrogens (tertiary/aromatic N) is 1. The first-order valence-corrected chi connectivity index (χ1v) is 17.3. The molecule has 4 amide bonds. The van der Waals surface area contributed by atoms with Gasteiger partial charge in [-0.1, -0.05) is 41.5 Å². The number of benzene rings is 1. The fourth-order valence-electron chi connectivity index (χ4n) is 8.18. The van der Waals surface area contributed by atoms with E-state index in [1.54, 1.807) is 4.90 Å². The molecule has 3 N–H and O–H groups in total. The molecule has 5 aliphatic rings. The normalized spacial score (nSPS) is 28.3. The first-order valence-electron chi connectivity index (χ1n) is 17.3. The molecular formula is C35H51BN4O8. The molecule has 0 radical (unpaired) electrons. The second-order valence-electron chi connectivity index (χ2n) is 15.3. The Labute approximate surface area is 283 Å². The lowest BCUT2D eigenvalue weighted by Gasteiger charge is -2.64. The molecule has 2 heterocycles. The summed E-state index contributed by atoms with van der Waals surface area (Å²) < 4.78 is 17.7. The van der Waals surface area contributed by atoms with E-state index in [0.717, 1.165) is 12.8 Å². The summed E-state index contributed by atoms with van der Waals surface area (Å²) in [5, 5.41) is 8.50. The van der Waals surface area contributed by atoms with Crippen LogP contribution in [0.2, 0.25) is 0 Å². The number of carbonyl (C=O) groups excluding carboxylic acids is 5. The van der Waals surface area contributed by atoms with Gasteiger partial charge in [0, 0.05) is 17.7 Å². The van der Waals surface area contributed by atoms with Gasteiger partial charge >= 0.3 is 13.1 Å². The molecule has 12 nitrogen and oxygen atoms in total. The van der Waals surface area contributed by atoms with Crippen molar-refractivity contribution in [2.75, 3.05) is 20.2 Å². The number of amides is 4. The Balaban J connectivity index is 1.22. The lowest BCUT2D eigenvalue weighted by molar-refractivity contribution is -0.199. The molecule has 1 aromatic carbocycles. The zero-order valence-corrected chi connectivity index (χ0v) is 29.5. The smallest absolute Gasteiger partial charge is 0.468 e. The lowest BCUT2D eigenvalue weighted by Crippen LogP contribution is -2.65. The van der Waals surface area contributed by atoms with Crippen LogP contribution in [0.15, 0.2) is 24.3 Å². The fourth-order valence-corrected chi connectivity index (χ4v) is 8.18. The Kier molecular flexibility index (Phi) is 10.3. The van der Waals surface area contributed by atoms with Gasteiger partial charge in [-0.05, 0) is 86.0 Å². The van der Waals surface area contributed by atoms with Crippen molar-refractivity contribution < 1.29 is 38.0 Å². The average Bonchev–Trinajstić information content (AvgIpc) is 3.68. The first kappa shape index (κ1) is 35.9. The quantitative estimate of drug-likeness (QED) is 0.241. The maximum atomic E-state index is 13.9. The van der Waals surface area contributed by atoms with Crippen molar-refractivity contribution in [1.82, 2.24) is 20.9 Å². The molecule has 7 atom stereocenters. The predicted molar refractivity (Wildman–Crippen MR) is 178 cm³/mol. The van der Waals surface area contributed by atoms with Crippen molar-refractivity contribution >= 4 is 36.7 Å². The number of likely N-dealkylation sites (tertiary alicyclic amines) is 1. The highest BCUT2D eigenvalue weighted by atomic mass is 16.7. The van der Waals surface area contributed by atoms with Crippen LogP contribution < -0.4 is 16.0 Å². The number of nitrogens with one attached hydrogen (secondary N) is 3. The third-order valence-electron chi connectivity index (χ3n) is 11.4. The predicted octanol–water partition coefficient (Wildman–Crippen LogP) is 2.74. The van der Waals surface area contributed by atoms with E-state index in [0.29, 0.717) is 31.2 Å². The van der Waals surface area contributed by atoms with Crippen LogP contribution in [0.1, 0.15) is 94.9 Å². The number of rotatable bonds is 11. The Morgan fingerprint density at radius 3 is 2.19 bits per heavy atom. The molecule has 1 aromatic rings. The van der Waals surface area contributed by atoms with Gasteiger partial charge in [0.1, 0.15) is 18.6 Å². The van der Waals surface area contributed by atoms with E-state index in [-0.39, 0.29) is 58.8 Å². The molecule has 2 saturated heterocycles. The summed E-state index contributed by atoms with van der Waals surface area (Å²) in [6.45, 7) is 14.7. The van der Waals surface area contributed by atoms with E-state index in [9.17, 15) is 24.0 Å². The monoisotopic (exact) mass is 666 g/mol. The van der Waals surface area contributed by atoms with Crippen LogP contribution in [0.3, 0.4) is 0 Å². The summed E-state index contributed by atoms with van der Waals surface area (Å²) in [4.78, 5) is 66.3. The molecule has 48 heavy (non-hydrogen) atoms. The van der Waals surface area contributed by atoms with E-state index in [4.69, 9.17) is 9.31 Å². The molecule has 0 spiro atoms. The maximum Gasteiger partial charge on any atom is 0.481 e. The second-order valence-corrected chi connectivity index (χ2v) is 15.3. The topological polar surface area (TPSA) is 152 Å². The largest absolute Gasteiger partial charge is 0.481 e. The van der Waals surface area contributed by atoms with Crippen LogP contribution in [-0.4, -0.2) is 91.5 Å². The minimum atomic E-state index is -0.866. The molecule has 6 rings (SSSR count). The highest BCUT2D eigenvalue weighted by Gasteiger charge is 2.68. The zero-order chi connectivity index (χ0) is 35.1. The first-order chi connectivity index (χ1) is 22.6. The van der Waals surface area contributed by atoms with Gasteiger partial charge < -0.3 is 34.9 Å². The molecule has 2 aliphatic heterocycles. The van der Waals surface area contributed by atoms with E-state index in [1.807, 2.05) is 27.7 Å². The highest BCUT2D eigenvalue weighted by molar-refractivity contribution is 6.48. The summed E-state index contributed by atoms with van der Waals surface area (Å²) in [5.74, 6) is -1.68. The highest BCUT2D eigenvalue weighted by Crippen LogP contribution is 2.65. The van der Waals surface area contributed by atoms with Gasteiger partial charge in [0.05, 0.1) is 24.8 Å². The number of hydrogen-bond acceptors (Lipinski definition) is 8.